The van der Waals surface area contributed by atoms with Crippen molar-refractivity contribution in [1.29, 1.82) is 0 Å². The summed E-state index contributed by atoms with van der Waals surface area (Å²) in [6, 6.07) is 1.30. The fraction of sp³-hybridized carbons (Fsp3) is 0.300. The Morgan fingerprint density at radius 3 is 2.65 bits per heavy atom. The van der Waals surface area contributed by atoms with Crippen molar-refractivity contribution in [2.45, 2.75) is 19.9 Å². The van der Waals surface area contributed by atoms with Gasteiger partial charge in [-0.2, -0.15) is 0 Å². The van der Waals surface area contributed by atoms with Crippen molar-refractivity contribution in [2.24, 2.45) is 5.73 Å². The Labute approximate surface area is 96.8 Å². The highest BCUT2D eigenvalue weighted by Gasteiger charge is 2.19. The van der Waals surface area contributed by atoms with Gasteiger partial charge in [0.15, 0.2) is 0 Å². The second kappa shape index (κ2) is 4.77. The second-order valence-electron chi connectivity index (χ2n) is 3.64. The summed E-state index contributed by atoms with van der Waals surface area (Å²) in [6.07, 6.45) is 0. The molecule has 0 aliphatic heterocycles. The number of halogens is 1. The predicted octanol–water partition coefficient (Wildman–Crippen LogP) is 1.33. The number of nitro groups is 1. The molecule has 0 heterocycles. The topological polar surface area (TPSA) is 98.3 Å². The molecule has 92 valence electrons. The highest BCUT2D eigenvalue weighted by Crippen LogP contribution is 2.27. The molecule has 1 unspecified atom stereocenters. The molecule has 0 aliphatic rings. The van der Waals surface area contributed by atoms with Gasteiger partial charge in [-0.3, -0.25) is 14.9 Å². The van der Waals surface area contributed by atoms with Crippen LogP contribution in [0, 0.1) is 22.9 Å². The summed E-state index contributed by atoms with van der Waals surface area (Å²) in [7, 11) is 0. The lowest BCUT2D eigenvalue weighted by atomic mass is 10.1. The molecular weight excluding hydrogens is 229 g/mol. The van der Waals surface area contributed by atoms with Crippen LogP contribution >= 0.6 is 0 Å². The van der Waals surface area contributed by atoms with E-state index in [4.69, 9.17) is 5.73 Å². The molecule has 0 spiro atoms. The van der Waals surface area contributed by atoms with Crippen LogP contribution in [0.25, 0.3) is 0 Å². The van der Waals surface area contributed by atoms with Crippen LogP contribution in [0.2, 0.25) is 0 Å². The lowest BCUT2D eigenvalue weighted by Crippen LogP contribution is -2.32. The van der Waals surface area contributed by atoms with Gasteiger partial charge >= 0.3 is 0 Å². The van der Waals surface area contributed by atoms with Gasteiger partial charge in [0.2, 0.25) is 5.91 Å². The number of carbonyl (C=O) groups excluding carboxylic acids is 1. The highest BCUT2D eigenvalue weighted by molar-refractivity contribution is 5.83. The first-order chi connectivity index (χ1) is 7.82. The summed E-state index contributed by atoms with van der Waals surface area (Å²) >= 11 is 0. The number of carbonyl (C=O) groups is 1. The van der Waals surface area contributed by atoms with Gasteiger partial charge in [0.1, 0.15) is 17.5 Å². The minimum absolute atomic E-state index is 0.0696. The Morgan fingerprint density at radius 1 is 1.59 bits per heavy atom. The first-order valence-electron chi connectivity index (χ1n) is 4.83. The quantitative estimate of drug-likeness (QED) is 0.613. The van der Waals surface area contributed by atoms with E-state index in [1.165, 1.54) is 19.9 Å². The molecule has 0 aromatic heterocycles. The van der Waals surface area contributed by atoms with Gasteiger partial charge in [-0.25, -0.2) is 4.39 Å². The first kappa shape index (κ1) is 12.9. The number of hydrogen-bond donors (Lipinski definition) is 2. The predicted molar refractivity (Wildman–Crippen MR) is 60.1 cm³/mol. The number of hydrogen-bond acceptors (Lipinski definition) is 4. The monoisotopic (exact) mass is 241 g/mol. The third kappa shape index (κ3) is 2.90. The Bertz CT molecular complexity index is 476. The Kier molecular flexibility index (Phi) is 3.62. The largest absolute Gasteiger partial charge is 0.368 e. The third-order valence-corrected chi connectivity index (χ3v) is 2.27. The molecule has 0 fully saturated rings. The molecule has 1 atom stereocenters. The number of amides is 1. The van der Waals surface area contributed by atoms with E-state index in [9.17, 15) is 19.3 Å². The fourth-order valence-corrected chi connectivity index (χ4v) is 1.24. The van der Waals surface area contributed by atoms with Crippen molar-refractivity contribution < 1.29 is 14.1 Å². The molecule has 1 amide bonds. The van der Waals surface area contributed by atoms with Gasteiger partial charge < -0.3 is 11.1 Å². The van der Waals surface area contributed by atoms with Crippen LogP contribution in [0.3, 0.4) is 0 Å². The molecule has 3 N–H and O–H groups in total. The number of anilines is 1. The molecule has 17 heavy (non-hydrogen) atoms. The van der Waals surface area contributed by atoms with E-state index in [-0.39, 0.29) is 11.3 Å². The average Bonchev–Trinajstić information content (AvgIpc) is 2.22. The molecule has 1 aromatic carbocycles. The standard InChI is InChI=1S/C10H12FN3O3/c1-5-3-8(13-6(2)10(12)15)9(14(16)17)4-7(5)11/h3-4,6,13H,1-2H3,(H2,12,15). The lowest BCUT2D eigenvalue weighted by Gasteiger charge is -2.12. The number of nitrogens with zero attached hydrogens (tertiary/aromatic N) is 1. The van der Waals surface area contributed by atoms with Crippen LogP contribution in [0.1, 0.15) is 12.5 Å². The van der Waals surface area contributed by atoms with Gasteiger partial charge in [0, 0.05) is 0 Å². The maximum absolute atomic E-state index is 13.2. The van der Waals surface area contributed by atoms with E-state index in [1.54, 1.807) is 0 Å². The van der Waals surface area contributed by atoms with Gasteiger partial charge in [0.05, 0.1) is 11.0 Å². The van der Waals surface area contributed by atoms with E-state index >= 15 is 0 Å². The van der Waals surface area contributed by atoms with Crippen molar-refractivity contribution in [1.82, 2.24) is 0 Å². The van der Waals surface area contributed by atoms with Gasteiger partial charge in [0.25, 0.3) is 5.69 Å². The number of rotatable bonds is 4. The maximum atomic E-state index is 13.2. The zero-order chi connectivity index (χ0) is 13.2. The van der Waals surface area contributed by atoms with Crippen LogP contribution < -0.4 is 11.1 Å². The van der Waals surface area contributed by atoms with Crippen LogP contribution in [-0.2, 0) is 4.79 Å². The van der Waals surface area contributed by atoms with E-state index in [1.807, 2.05) is 0 Å². The molecule has 0 aliphatic carbocycles. The van der Waals surface area contributed by atoms with Crippen LogP contribution in [-0.4, -0.2) is 16.9 Å². The van der Waals surface area contributed by atoms with Crippen molar-refractivity contribution in [3.63, 3.8) is 0 Å². The molecule has 0 saturated carbocycles. The molecule has 0 radical (unpaired) electrons. The average molecular weight is 241 g/mol. The minimum Gasteiger partial charge on any atom is -0.368 e. The number of benzene rings is 1. The van der Waals surface area contributed by atoms with Gasteiger partial charge in [-0.15, -0.1) is 0 Å². The number of nitrogens with two attached hydrogens (primary N) is 1. The van der Waals surface area contributed by atoms with Crippen molar-refractivity contribution in [2.75, 3.05) is 5.32 Å². The van der Waals surface area contributed by atoms with Crippen molar-refractivity contribution in [3.8, 4) is 0 Å². The van der Waals surface area contributed by atoms with Gasteiger partial charge in [-0.05, 0) is 25.5 Å². The smallest absolute Gasteiger partial charge is 0.295 e. The maximum Gasteiger partial charge on any atom is 0.295 e. The molecule has 0 saturated heterocycles. The summed E-state index contributed by atoms with van der Waals surface area (Å²) in [5.74, 6) is -1.32. The summed E-state index contributed by atoms with van der Waals surface area (Å²) in [5, 5.41) is 13.3. The SMILES string of the molecule is Cc1cc(NC(C)C(N)=O)c([N+](=O)[O-])cc1F. The number of nitrogens with one attached hydrogen (secondary N) is 1. The van der Waals surface area contributed by atoms with Crippen LogP contribution in [0.15, 0.2) is 12.1 Å². The van der Waals surface area contributed by atoms with Crippen molar-refractivity contribution in [3.05, 3.63) is 33.6 Å². The summed E-state index contributed by atoms with van der Waals surface area (Å²) in [6.45, 7) is 2.93. The zero-order valence-electron chi connectivity index (χ0n) is 9.36. The van der Waals surface area contributed by atoms with Crippen LogP contribution in [0.4, 0.5) is 15.8 Å². The van der Waals surface area contributed by atoms with E-state index in [2.05, 4.69) is 5.32 Å². The molecule has 7 heteroatoms. The minimum atomic E-state index is -0.779. The Hall–Kier alpha value is -2.18. The summed E-state index contributed by atoms with van der Waals surface area (Å²) in [5.41, 5.74) is 4.92. The highest BCUT2D eigenvalue weighted by atomic mass is 19.1. The first-order valence-corrected chi connectivity index (χ1v) is 4.83. The third-order valence-electron chi connectivity index (χ3n) is 2.27. The number of primary amides is 1. The van der Waals surface area contributed by atoms with Crippen LogP contribution in [0.5, 0.6) is 0 Å². The van der Waals surface area contributed by atoms with Crippen molar-refractivity contribution >= 4 is 17.3 Å². The molecule has 1 aromatic rings. The summed E-state index contributed by atoms with van der Waals surface area (Å²) in [4.78, 5) is 20.8. The zero-order valence-corrected chi connectivity index (χ0v) is 9.36. The summed E-state index contributed by atoms with van der Waals surface area (Å²) < 4.78 is 13.2. The second-order valence-corrected chi connectivity index (χ2v) is 3.64. The fourth-order valence-electron chi connectivity index (χ4n) is 1.24. The lowest BCUT2D eigenvalue weighted by molar-refractivity contribution is -0.384. The molecule has 6 nitrogen and oxygen atoms in total. The van der Waals surface area contributed by atoms with Gasteiger partial charge in [-0.1, -0.05) is 0 Å². The number of nitro benzene ring substituents is 1. The van der Waals surface area contributed by atoms with E-state index < -0.39 is 28.4 Å². The normalized spacial score (nSPS) is 11.9. The van der Waals surface area contributed by atoms with E-state index in [0.29, 0.717) is 0 Å². The Morgan fingerprint density at radius 2 is 2.18 bits per heavy atom. The Balaban J connectivity index is 3.17. The molecular formula is C10H12FN3O3. The number of aryl methyl sites for hydroxylation is 1. The molecule has 1 rings (SSSR count). The van der Waals surface area contributed by atoms with E-state index in [0.717, 1.165) is 6.07 Å². The molecule has 0 bridgehead atoms.